The Morgan fingerprint density at radius 1 is 0.880 bits per heavy atom. The molecule has 1 aromatic heterocycles. The molecule has 0 bridgehead atoms. The summed E-state index contributed by atoms with van der Waals surface area (Å²) in [6.45, 7) is 4.62. The Labute approximate surface area is 150 Å². The van der Waals surface area contributed by atoms with Crippen LogP contribution < -0.4 is 4.90 Å². The lowest BCUT2D eigenvalue weighted by atomic mass is 9.98. The minimum atomic E-state index is 1.00. The molecule has 2 heterocycles. The van der Waals surface area contributed by atoms with Gasteiger partial charge < -0.3 is 4.90 Å². The number of hydrogen-bond donors (Lipinski definition) is 0. The van der Waals surface area contributed by atoms with Gasteiger partial charge >= 0.3 is 0 Å². The molecule has 0 aliphatic carbocycles. The third-order valence-electron chi connectivity index (χ3n) is 5.49. The van der Waals surface area contributed by atoms with Crippen LogP contribution >= 0.6 is 0 Å². The van der Waals surface area contributed by atoms with Crippen molar-refractivity contribution in [3.05, 3.63) is 71.5 Å². The molecule has 1 fully saturated rings. The lowest BCUT2D eigenvalue weighted by molar-refractivity contribution is 0.576. The monoisotopic (exact) mass is 330 g/mol. The SMILES string of the molecule is Cc1c(N2CCCCC2)ccnc1CCc1cccc2ccccc12. The van der Waals surface area contributed by atoms with Gasteiger partial charge in [-0.3, -0.25) is 4.98 Å². The minimum absolute atomic E-state index is 1.00. The minimum Gasteiger partial charge on any atom is -0.371 e. The van der Waals surface area contributed by atoms with Crippen molar-refractivity contribution in [3.8, 4) is 0 Å². The Morgan fingerprint density at radius 3 is 2.56 bits per heavy atom. The van der Waals surface area contributed by atoms with Gasteiger partial charge in [0.2, 0.25) is 0 Å². The summed E-state index contributed by atoms with van der Waals surface area (Å²) in [6, 6.07) is 17.5. The van der Waals surface area contributed by atoms with Crippen LogP contribution in [0.3, 0.4) is 0 Å². The van der Waals surface area contributed by atoms with Crippen molar-refractivity contribution in [1.82, 2.24) is 4.98 Å². The molecule has 0 atom stereocenters. The standard InChI is InChI=1S/C23H26N2/c1-18-22(24-15-14-23(18)25-16-5-2-6-17-25)13-12-20-10-7-9-19-8-3-4-11-21(19)20/h3-4,7-11,14-15H,2,5-6,12-13,16-17H2,1H3. The molecular weight excluding hydrogens is 304 g/mol. The first-order valence-corrected chi connectivity index (χ1v) is 9.49. The number of fused-ring (bicyclic) bond motifs is 1. The molecule has 1 aliphatic heterocycles. The molecule has 25 heavy (non-hydrogen) atoms. The number of piperidine rings is 1. The van der Waals surface area contributed by atoms with Crippen LogP contribution in [0, 0.1) is 6.92 Å². The van der Waals surface area contributed by atoms with Crippen LogP contribution in [0.2, 0.25) is 0 Å². The van der Waals surface area contributed by atoms with Gasteiger partial charge in [0.05, 0.1) is 0 Å². The maximum atomic E-state index is 4.70. The van der Waals surface area contributed by atoms with E-state index in [0.717, 1.165) is 12.8 Å². The van der Waals surface area contributed by atoms with E-state index in [0.29, 0.717) is 0 Å². The van der Waals surface area contributed by atoms with E-state index in [2.05, 4.69) is 60.4 Å². The van der Waals surface area contributed by atoms with E-state index in [1.165, 1.54) is 65.6 Å². The Hall–Kier alpha value is -2.35. The van der Waals surface area contributed by atoms with Crippen molar-refractivity contribution in [3.63, 3.8) is 0 Å². The summed E-state index contributed by atoms with van der Waals surface area (Å²) < 4.78 is 0. The van der Waals surface area contributed by atoms with Crippen molar-refractivity contribution in [2.24, 2.45) is 0 Å². The molecule has 0 amide bonds. The number of rotatable bonds is 4. The second-order valence-electron chi connectivity index (χ2n) is 7.09. The zero-order valence-electron chi connectivity index (χ0n) is 15.0. The number of anilines is 1. The van der Waals surface area contributed by atoms with Gasteiger partial charge in [0.15, 0.2) is 0 Å². The van der Waals surface area contributed by atoms with E-state index in [1.807, 2.05) is 6.20 Å². The van der Waals surface area contributed by atoms with Crippen LogP contribution in [-0.4, -0.2) is 18.1 Å². The smallest absolute Gasteiger partial charge is 0.0456 e. The van der Waals surface area contributed by atoms with Gasteiger partial charge in [-0.05, 0) is 67.0 Å². The van der Waals surface area contributed by atoms with Crippen molar-refractivity contribution < 1.29 is 0 Å². The molecule has 3 aromatic rings. The van der Waals surface area contributed by atoms with Crippen LogP contribution in [0.15, 0.2) is 54.7 Å². The summed E-state index contributed by atoms with van der Waals surface area (Å²) >= 11 is 0. The van der Waals surface area contributed by atoms with E-state index in [4.69, 9.17) is 4.98 Å². The van der Waals surface area contributed by atoms with E-state index in [-0.39, 0.29) is 0 Å². The first kappa shape index (κ1) is 16.1. The van der Waals surface area contributed by atoms with E-state index in [1.54, 1.807) is 0 Å². The van der Waals surface area contributed by atoms with E-state index in [9.17, 15) is 0 Å². The van der Waals surface area contributed by atoms with Gasteiger partial charge in [0.25, 0.3) is 0 Å². The van der Waals surface area contributed by atoms with Crippen molar-refractivity contribution >= 4 is 16.5 Å². The molecule has 0 radical (unpaired) electrons. The zero-order valence-corrected chi connectivity index (χ0v) is 15.0. The summed E-state index contributed by atoms with van der Waals surface area (Å²) in [5, 5.41) is 2.70. The fourth-order valence-electron chi connectivity index (χ4n) is 4.06. The third-order valence-corrected chi connectivity index (χ3v) is 5.49. The van der Waals surface area contributed by atoms with Crippen molar-refractivity contribution in [1.29, 1.82) is 0 Å². The predicted octanol–water partition coefficient (Wildman–Crippen LogP) is 5.32. The molecule has 1 aliphatic rings. The number of benzene rings is 2. The highest BCUT2D eigenvalue weighted by Crippen LogP contribution is 2.26. The zero-order chi connectivity index (χ0) is 17.1. The summed E-state index contributed by atoms with van der Waals surface area (Å²) in [5.74, 6) is 0. The van der Waals surface area contributed by atoms with Gasteiger partial charge in [-0.2, -0.15) is 0 Å². The second-order valence-corrected chi connectivity index (χ2v) is 7.09. The topological polar surface area (TPSA) is 16.1 Å². The van der Waals surface area contributed by atoms with E-state index >= 15 is 0 Å². The van der Waals surface area contributed by atoms with Crippen LogP contribution in [0.1, 0.15) is 36.1 Å². The van der Waals surface area contributed by atoms with Crippen LogP contribution in [0.25, 0.3) is 10.8 Å². The number of pyridine rings is 1. The third kappa shape index (κ3) is 3.39. The summed E-state index contributed by atoms with van der Waals surface area (Å²) in [4.78, 5) is 7.25. The molecule has 2 heteroatoms. The van der Waals surface area contributed by atoms with Gasteiger partial charge in [-0.25, -0.2) is 0 Å². The normalized spacial score (nSPS) is 14.8. The van der Waals surface area contributed by atoms with Crippen LogP contribution in [0.5, 0.6) is 0 Å². The Kier molecular flexibility index (Phi) is 4.69. The average molecular weight is 330 g/mol. The Morgan fingerprint density at radius 2 is 1.68 bits per heavy atom. The van der Waals surface area contributed by atoms with Gasteiger partial charge in [0.1, 0.15) is 0 Å². The summed E-state index contributed by atoms with van der Waals surface area (Å²) in [5.41, 5.74) is 5.42. The number of nitrogens with zero attached hydrogens (tertiary/aromatic N) is 2. The average Bonchev–Trinajstić information content (AvgIpc) is 2.68. The van der Waals surface area contributed by atoms with Gasteiger partial charge in [-0.1, -0.05) is 42.5 Å². The molecule has 2 nitrogen and oxygen atoms in total. The lowest BCUT2D eigenvalue weighted by Crippen LogP contribution is -2.30. The number of aryl methyl sites for hydroxylation is 2. The maximum absolute atomic E-state index is 4.70. The van der Waals surface area contributed by atoms with Crippen LogP contribution in [-0.2, 0) is 12.8 Å². The quantitative estimate of drug-likeness (QED) is 0.644. The summed E-state index contributed by atoms with van der Waals surface area (Å²) in [6.07, 6.45) is 8.03. The molecule has 0 spiro atoms. The maximum Gasteiger partial charge on any atom is 0.0456 e. The molecule has 4 rings (SSSR count). The lowest BCUT2D eigenvalue weighted by Gasteiger charge is -2.30. The molecule has 128 valence electrons. The molecule has 0 saturated carbocycles. The Balaban J connectivity index is 1.56. The molecule has 2 aromatic carbocycles. The Bertz CT molecular complexity index is 858. The highest BCUT2D eigenvalue weighted by molar-refractivity contribution is 5.85. The van der Waals surface area contributed by atoms with Crippen LogP contribution in [0.4, 0.5) is 5.69 Å². The number of hydrogen-bond acceptors (Lipinski definition) is 2. The molecule has 0 N–H and O–H groups in total. The first-order chi connectivity index (χ1) is 12.3. The highest BCUT2D eigenvalue weighted by Gasteiger charge is 2.15. The molecule has 1 saturated heterocycles. The fourth-order valence-corrected chi connectivity index (χ4v) is 4.06. The fraction of sp³-hybridized carbons (Fsp3) is 0.348. The second kappa shape index (κ2) is 7.26. The summed E-state index contributed by atoms with van der Waals surface area (Å²) in [7, 11) is 0. The van der Waals surface area contributed by atoms with Gasteiger partial charge in [-0.15, -0.1) is 0 Å². The number of aromatic nitrogens is 1. The highest BCUT2D eigenvalue weighted by atomic mass is 15.1. The van der Waals surface area contributed by atoms with Crippen molar-refractivity contribution in [2.75, 3.05) is 18.0 Å². The largest absolute Gasteiger partial charge is 0.371 e. The predicted molar refractivity (Wildman–Crippen MR) is 106 cm³/mol. The van der Waals surface area contributed by atoms with E-state index < -0.39 is 0 Å². The molecular formula is C23H26N2. The van der Waals surface area contributed by atoms with Gasteiger partial charge in [0, 0.05) is 30.7 Å². The van der Waals surface area contributed by atoms with Crippen molar-refractivity contribution in [2.45, 2.75) is 39.0 Å². The molecule has 0 unspecified atom stereocenters. The first-order valence-electron chi connectivity index (χ1n) is 9.49.